The number of halogens is 2. The second-order valence-corrected chi connectivity index (χ2v) is 7.29. The zero-order valence-corrected chi connectivity index (χ0v) is 12.8. The highest BCUT2D eigenvalue weighted by molar-refractivity contribution is 9.10. The predicted octanol–water partition coefficient (Wildman–Crippen LogP) is 2.90. The Hall–Kier alpha value is 0.0900. The smallest absolute Gasteiger partial charge is 0.210 e. The van der Waals surface area contributed by atoms with E-state index in [0.29, 0.717) is 6.54 Å². The molecule has 3 nitrogen and oxygen atoms in total. The minimum absolute atomic E-state index is 0.162. The quantitative estimate of drug-likeness (QED) is 0.810. The highest BCUT2D eigenvalue weighted by atomic mass is 79.9. The van der Waals surface area contributed by atoms with Crippen molar-refractivity contribution in [3.05, 3.63) is 28.7 Å². The van der Waals surface area contributed by atoms with E-state index in [-0.39, 0.29) is 9.72 Å². The molecular weight excluding hydrogens is 358 g/mol. The first-order valence-corrected chi connectivity index (χ1v) is 8.04. The van der Waals surface area contributed by atoms with Gasteiger partial charge in [-0.25, -0.2) is 13.1 Å². The Kier molecular flexibility index (Phi) is 5.43. The molecule has 1 unspecified atom stereocenters. The Morgan fingerprint density at radius 1 is 1.44 bits per heavy atom. The Morgan fingerprint density at radius 3 is 2.69 bits per heavy atom. The highest BCUT2D eigenvalue weighted by Gasteiger charge is 2.14. The van der Waals surface area contributed by atoms with Crippen molar-refractivity contribution < 1.29 is 8.42 Å². The van der Waals surface area contributed by atoms with Crippen molar-refractivity contribution in [2.45, 2.75) is 23.1 Å². The normalized spacial score (nSPS) is 13.7. The van der Waals surface area contributed by atoms with Crippen molar-refractivity contribution >= 4 is 41.9 Å². The van der Waals surface area contributed by atoms with Gasteiger partial charge in [0.25, 0.3) is 0 Å². The summed E-state index contributed by atoms with van der Waals surface area (Å²) in [6.07, 6.45) is 0.876. The van der Waals surface area contributed by atoms with E-state index in [1.807, 2.05) is 6.92 Å². The second-order valence-electron chi connectivity index (χ2n) is 3.31. The van der Waals surface area contributed by atoms with E-state index in [1.165, 1.54) is 0 Å². The molecule has 0 bridgehead atoms. The molecule has 0 saturated carbocycles. The van der Waals surface area contributed by atoms with Gasteiger partial charge >= 0.3 is 0 Å². The fourth-order valence-corrected chi connectivity index (χ4v) is 3.12. The van der Waals surface area contributed by atoms with Crippen LogP contribution in [-0.4, -0.2) is 19.8 Å². The molecule has 0 spiro atoms. The topological polar surface area (TPSA) is 46.2 Å². The molecule has 0 radical (unpaired) electrons. The molecular formula is C10H13Br2NO2S. The van der Waals surface area contributed by atoms with Crippen LogP contribution in [0.2, 0.25) is 0 Å². The summed E-state index contributed by atoms with van der Waals surface area (Å²) >= 11 is 6.63. The van der Waals surface area contributed by atoms with Crippen LogP contribution in [0.25, 0.3) is 0 Å². The summed E-state index contributed by atoms with van der Waals surface area (Å²) in [5.74, 6) is 0. The number of sulfonamides is 1. The zero-order valence-electron chi connectivity index (χ0n) is 8.78. The van der Waals surface area contributed by atoms with Gasteiger partial charge in [0.15, 0.2) is 0 Å². The van der Waals surface area contributed by atoms with Crippen LogP contribution in [0, 0.1) is 0 Å². The lowest BCUT2D eigenvalue weighted by Crippen LogP contribution is -2.29. The maximum Gasteiger partial charge on any atom is 0.240 e. The Morgan fingerprint density at radius 2 is 2.12 bits per heavy atom. The van der Waals surface area contributed by atoms with E-state index in [4.69, 9.17) is 0 Å². The van der Waals surface area contributed by atoms with Crippen LogP contribution in [0.15, 0.2) is 33.6 Å². The van der Waals surface area contributed by atoms with E-state index >= 15 is 0 Å². The molecule has 0 aliphatic carbocycles. The van der Waals surface area contributed by atoms with Gasteiger partial charge in [0.2, 0.25) is 10.0 Å². The monoisotopic (exact) mass is 369 g/mol. The van der Waals surface area contributed by atoms with Crippen LogP contribution in [0.3, 0.4) is 0 Å². The first-order chi connectivity index (χ1) is 7.45. The molecule has 0 fully saturated rings. The Bertz CT molecular complexity index is 448. The van der Waals surface area contributed by atoms with Gasteiger partial charge in [0.05, 0.1) is 4.90 Å². The third kappa shape index (κ3) is 4.16. The van der Waals surface area contributed by atoms with Crippen LogP contribution in [0.5, 0.6) is 0 Å². The van der Waals surface area contributed by atoms with Crippen molar-refractivity contribution in [1.29, 1.82) is 0 Å². The van der Waals surface area contributed by atoms with E-state index in [9.17, 15) is 8.42 Å². The SMILES string of the molecule is CCC(Br)CNS(=O)(=O)c1cccc(Br)c1. The minimum Gasteiger partial charge on any atom is -0.210 e. The molecule has 0 aliphatic heterocycles. The number of rotatable bonds is 5. The minimum atomic E-state index is -3.40. The van der Waals surface area contributed by atoms with Crippen LogP contribution < -0.4 is 4.72 Å². The molecule has 90 valence electrons. The zero-order chi connectivity index (χ0) is 12.2. The largest absolute Gasteiger partial charge is 0.240 e. The van der Waals surface area contributed by atoms with Gasteiger partial charge in [0, 0.05) is 15.8 Å². The van der Waals surface area contributed by atoms with Crippen molar-refractivity contribution in [2.24, 2.45) is 0 Å². The van der Waals surface area contributed by atoms with Gasteiger partial charge in [-0.1, -0.05) is 44.8 Å². The Labute approximate surface area is 113 Å². The summed E-state index contributed by atoms with van der Waals surface area (Å²) < 4.78 is 27.0. The van der Waals surface area contributed by atoms with E-state index in [2.05, 4.69) is 36.6 Å². The van der Waals surface area contributed by atoms with Crippen molar-refractivity contribution in [3.63, 3.8) is 0 Å². The fraction of sp³-hybridized carbons (Fsp3) is 0.400. The number of hydrogen-bond donors (Lipinski definition) is 1. The van der Waals surface area contributed by atoms with Crippen LogP contribution in [0.4, 0.5) is 0 Å². The third-order valence-corrected chi connectivity index (χ3v) is 4.93. The lowest BCUT2D eigenvalue weighted by molar-refractivity contribution is 0.580. The average molecular weight is 371 g/mol. The number of benzene rings is 1. The number of nitrogens with one attached hydrogen (secondary N) is 1. The molecule has 0 heterocycles. The standard InChI is InChI=1S/C10H13Br2NO2S/c1-2-8(11)7-13-16(14,15)10-5-3-4-9(12)6-10/h3-6,8,13H,2,7H2,1H3. The number of hydrogen-bond acceptors (Lipinski definition) is 2. The van der Waals surface area contributed by atoms with E-state index < -0.39 is 10.0 Å². The molecule has 1 aromatic carbocycles. The summed E-state index contributed by atoms with van der Waals surface area (Å²) in [5.41, 5.74) is 0. The maximum atomic E-state index is 11.9. The Balaban J connectivity index is 2.78. The molecule has 1 aromatic rings. The molecule has 0 amide bonds. The van der Waals surface area contributed by atoms with Crippen LogP contribution in [0.1, 0.15) is 13.3 Å². The summed E-state index contributed by atoms with van der Waals surface area (Å²) in [5, 5.41) is 0. The molecule has 6 heteroatoms. The summed E-state index contributed by atoms with van der Waals surface area (Å²) in [7, 11) is -3.40. The third-order valence-electron chi connectivity index (χ3n) is 2.04. The lowest BCUT2D eigenvalue weighted by Gasteiger charge is -2.09. The summed E-state index contributed by atoms with van der Waals surface area (Å²) in [6, 6.07) is 6.64. The highest BCUT2D eigenvalue weighted by Crippen LogP contribution is 2.16. The van der Waals surface area contributed by atoms with Gasteiger partial charge in [-0.2, -0.15) is 0 Å². The van der Waals surface area contributed by atoms with Crippen LogP contribution in [-0.2, 0) is 10.0 Å². The lowest BCUT2D eigenvalue weighted by atomic mass is 10.3. The van der Waals surface area contributed by atoms with Crippen molar-refractivity contribution in [2.75, 3.05) is 6.54 Å². The van der Waals surface area contributed by atoms with Gasteiger partial charge in [-0.15, -0.1) is 0 Å². The molecule has 0 aromatic heterocycles. The first-order valence-electron chi connectivity index (χ1n) is 4.85. The molecule has 0 saturated heterocycles. The molecule has 0 aliphatic rings. The summed E-state index contributed by atoms with van der Waals surface area (Å²) in [6.45, 7) is 2.39. The van der Waals surface area contributed by atoms with Crippen molar-refractivity contribution in [3.8, 4) is 0 Å². The first kappa shape index (κ1) is 14.2. The fourth-order valence-electron chi connectivity index (χ4n) is 1.06. The molecule has 16 heavy (non-hydrogen) atoms. The number of alkyl halides is 1. The summed E-state index contributed by atoms with van der Waals surface area (Å²) in [4.78, 5) is 0.437. The van der Waals surface area contributed by atoms with Gasteiger partial charge < -0.3 is 0 Å². The van der Waals surface area contributed by atoms with Crippen LogP contribution >= 0.6 is 31.9 Å². The molecule has 1 N–H and O–H groups in total. The van der Waals surface area contributed by atoms with Gasteiger partial charge in [-0.3, -0.25) is 0 Å². The van der Waals surface area contributed by atoms with Gasteiger partial charge in [-0.05, 0) is 24.6 Å². The van der Waals surface area contributed by atoms with E-state index in [1.54, 1.807) is 24.3 Å². The average Bonchev–Trinajstić information content (AvgIpc) is 2.26. The predicted molar refractivity (Wildman–Crippen MR) is 72.3 cm³/mol. The van der Waals surface area contributed by atoms with Gasteiger partial charge in [0.1, 0.15) is 0 Å². The van der Waals surface area contributed by atoms with E-state index in [0.717, 1.165) is 10.9 Å². The second kappa shape index (κ2) is 6.14. The van der Waals surface area contributed by atoms with Crippen molar-refractivity contribution in [1.82, 2.24) is 4.72 Å². The molecule has 1 atom stereocenters. The molecule has 1 rings (SSSR count). The maximum absolute atomic E-state index is 11.9.